The molecule has 0 atom stereocenters. The van der Waals surface area contributed by atoms with Crippen LogP contribution in [-0.4, -0.2) is 14.8 Å². The highest BCUT2D eigenvalue weighted by Gasteiger charge is 2.21. The van der Waals surface area contributed by atoms with Gasteiger partial charge in [-0.3, -0.25) is 9.67 Å². The molecule has 4 heteroatoms. The Kier molecular flexibility index (Phi) is 4.23. The molecule has 0 unspecified atom stereocenters. The van der Waals surface area contributed by atoms with Crippen LogP contribution in [0.15, 0.2) is 24.5 Å². The molecular weight excluding hydrogens is 248 g/mol. The third-order valence-electron chi connectivity index (χ3n) is 3.23. The summed E-state index contributed by atoms with van der Waals surface area (Å²) < 4.78 is 1.89. The maximum atomic E-state index is 4.58. The van der Waals surface area contributed by atoms with Gasteiger partial charge in [0.2, 0.25) is 0 Å². The monoisotopic (exact) mass is 272 g/mol. The van der Waals surface area contributed by atoms with Crippen molar-refractivity contribution in [2.24, 2.45) is 7.05 Å². The van der Waals surface area contributed by atoms with E-state index in [1.165, 1.54) is 11.1 Å². The van der Waals surface area contributed by atoms with E-state index in [2.05, 4.69) is 48.4 Å². The molecule has 20 heavy (non-hydrogen) atoms. The highest BCUT2D eigenvalue weighted by atomic mass is 15.3. The first-order valence-corrected chi connectivity index (χ1v) is 7.01. The lowest BCUT2D eigenvalue weighted by molar-refractivity contribution is 0.543. The number of hydrogen-bond donors (Lipinski definition) is 1. The normalized spacial score (nSPS) is 11.8. The summed E-state index contributed by atoms with van der Waals surface area (Å²) in [7, 11) is 1.97. The van der Waals surface area contributed by atoms with Gasteiger partial charge in [0.05, 0.1) is 5.69 Å². The average Bonchev–Trinajstić information content (AvgIpc) is 2.73. The third kappa shape index (κ3) is 3.67. The van der Waals surface area contributed by atoms with E-state index in [9.17, 15) is 0 Å². The second kappa shape index (κ2) is 5.75. The largest absolute Gasteiger partial charge is 0.308 e. The van der Waals surface area contributed by atoms with Gasteiger partial charge in [0, 0.05) is 49.2 Å². The predicted octanol–water partition coefficient (Wildman–Crippen LogP) is 2.71. The lowest BCUT2D eigenvalue weighted by atomic mass is 9.89. The summed E-state index contributed by atoms with van der Waals surface area (Å²) in [5, 5.41) is 8.05. The maximum Gasteiger partial charge on any atom is 0.0722 e. The Morgan fingerprint density at radius 2 is 1.95 bits per heavy atom. The van der Waals surface area contributed by atoms with Crippen molar-refractivity contribution >= 4 is 0 Å². The molecule has 0 aromatic carbocycles. The first-order valence-electron chi connectivity index (χ1n) is 7.01. The quantitative estimate of drug-likeness (QED) is 0.930. The molecule has 2 rings (SSSR count). The van der Waals surface area contributed by atoms with Crippen LogP contribution in [0.2, 0.25) is 0 Å². The van der Waals surface area contributed by atoms with Crippen LogP contribution in [0.25, 0.3) is 0 Å². The highest BCUT2D eigenvalue weighted by molar-refractivity contribution is 5.24. The van der Waals surface area contributed by atoms with Crippen molar-refractivity contribution in [3.8, 4) is 0 Å². The Bertz CT molecular complexity index is 561. The molecule has 4 nitrogen and oxygen atoms in total. The smallest absolute Gasteiger partial charge is 0.0722 e. The number of nitrogens with zero attached hydrogens (tertiary/aromatic N) is 3. The van der Waals surface area contributed by atoms with Crippen molar-refractivity contribution in [2.75, 3.05) is 0 Å². The molecule has 0 amide bonds. The van der Waals surface area contributed by atoms with Crippen molar-refractivity contribution < 1.29 is 0 Å². The van der Waals surface area contributed by atoms with Gasteiger partial charge in [-0.25, -0.2) is 0 Å². The third-order valence-corrected chi connectivity index (χ3v) is 3.23. The Morgan fingerprint density at radius 3 is 2.55 bits per heavy atom. The Hall–Kier alpha value is -1.68. The van der Waals surface area contributed by atoms with E-state index in [0.29, 0.717) is 0 Å². The summed E-state index contributed by atoms with van der Waals surface area (Å²) >= 11 is 0. The van der Waals surface area contributed by atoms with Gasteiger partial charge in [-0.2, -0.15) is 5.10 Å². The fourth-order valence-electron chi connectivity index (χ4n) is 2.24. The zero-order valence-corrected chi connectivity index (χ0v) is 13.1. The van der Waals surface area contributed by atoms with Crippen molar-refractivity contribution in [3.05, 3.63) is 47.0 Å². The topological polar surface area (TPSA) is 42.7 Å². The minimum Gasteiger partial charge on any atom is -0.308 e. The molecule has 0 aliphatic carbocycles. The van der Waals surface area contributed by atoms with Crippen LogP contribution in [0.3, 0.4) is 0 Å². The second-order valence-electron chi connectivity index (χ2n) is 6.34. The summed E-state index contributed by atoms with van der Waals surface area (Å²) in [5.41, 5.74) is 4.76. The fourth-order valence-corrected chi connectivity index (χ4v) is 2.24. The van der Waals surface area contributed by atoms with Crippen molar-refractivity contribution in [1.29, 1.82) is 0 Å². The number of aryl methyl sites for hydroxylation is 2. The number of hydrogen-bond acceptors (Lipinski definition) is 3. The summed E-state index contributed by atoms with van der Waals surface area (Å²) in [6.07, 6.45) is 4.03. The molecule has 2 aromatic rings. The van der Waals surface area contributed by atoms with Gasteiger partial charge in [-0.15, -0.1) is 0 Å². The molecule has 0 fully saturated rings. The number of nitrogens with one attached hydrogen (secondary N) is 1. The van der Waals surface area contributed by atoms with Crippen LogP contribution in [0.5, 0.6) is 0 Å². The van der Waals surface area contributed by atoms with E-state index >= 15 is 0 Å². The van der Waals surface area contributed by atoms with Crippen LogP contribution < -0.4 is 5.32 Å². The zero-order valence-electron chi connectivity index (χ0n) is 13.1. The zero-order chi connectivity index (χ0) is 14.8. The lowest BCUT2D eigenvalue weighted by Crippen LogP contribution is -2.19. The second-order valence-corrected chi connectivity index (χ2v) is 6.34. The standard InChI is InChI=1S/C16H24N4/c1-12-6-7-13(9-18-12)8-17-10-14-11-20(5)19-15(14)16(2,3)4/h6-7,9,11,17H,8,10H2,1-5H3. The van der Waals surface area contributed by atoms with E-state index in [1.807, 2.05) is 30.9 Å². The van der Waals surface area contributed by atoms with E-state index in [1.54, 1.807) is 0 Å². The van der Waals surface area contributed by atoms with Gasteiger partial charge in [0.15, 0.2) is 0 Å². The molecule has 0 aliphatic rings. The molecule has 0 saturated heterocycles. The van der Waals surface area contributed by atoms with Crippen LogP contribution >= 0.6 is 0 Å². The summed E-state index contributed by atoms with van der Waals surface area (Å²) in [5.74, 6) is 0. The number of aromatic nitrogens is 3. The average molecular weight is 272 g/mol. The van der Waals surface area contributed by atoms with Gasteiger partial charge in [0.1, 0.15) is 0 Å². The van der Waals surface area contributed by atoms with Gasteiger partial charge in [-0.05, 0) is 18.6 Å². The highest BCUT2D eigenvalue weighted by Crippen LogP contribution is 2.23. The van der Waals surface area contributed by atoms with Crippen LogP contribution in [0, 0.1) is 6.92 Å². The van der Waals surface area contributed by atoms with Crippen molar-refractivity contribution in [3.63, 3.8) is 0 Å². The van der Waals surface area contributed by atoms with E-state index in [-0.39, 0.29) is 5.41 Å². The van der Waals surface area contributed by atoms with Crippen molar-refractivity contribution in [2.45, 2.75) is 46.2 Å². The van der Waals surface area contributed by atoms with E-state index in [0.717, 1.165) is 24.5 Å². The summed E-state index contributed by atoms with van der Waals surface area (Å²) in [4.78, 5) is 4.31. The number of pyridine rings is 1. The molecule has 2 aromatic heterocycles. The molecule has 1 N–H and O–H groups in total. The SMILES string of the molecule is Cc1ccc(CNCc2cn(C)nc2C(C)(C)C)cn1. The molecular formula is C16H24N4. The van der Waals surface area contributed by atoms with Crippen LogP contribution in [0.4, 0.5) is 0 Å². The molecule has 0 saturated carbocycles. The fraction of sp³-hybridized carbons (Fsp3) is 0.500. The Morgan fingerprint density at radius 1 is 1.20 bits per heavy atom. The minimum absolute atomic E-state index is 0.0731. The molecule has 0 aliphatic heterocycles. The summed E-state index contributed by atoms with van der Waals surface area (Å²) in [6.45, 7) is 10.2. The van der Waals surface area contributed by atoms with Gasteiger partial charge >= 0.3 is 0 Å². The predicted molar refractivity (Wildman–Crippen MR) is 81.4 cm³/mol. The molecule has 108 valence electrons. The van der Waals surface area contributed by atoms with Gasteiger partial charge in [0.25, 0.3) is 0 Å². The van der Waals surface area contributed by atoms with Gasteiger partial charge in [-0.1, -0.05) is 26.8 Å². The maximum absolute atomic E-state index is 4.58. The van der Waals surface area contributed by atoms with Crippen LogP contribution in [-0.2, 0) is 25.6 Å². The number of rotatable bonds is 4. The molecule has 0 radical (unpaired) electrons. The minimum atomic E-state index is 0.0731. The Labute approximate surface area is 121 Å². The Balaban J connectivity index is 1.99. The van der Waals surface area contributed by atoms with E-state index in [4.69, 9.17) is 0 Å². The molecule has 0 spiro atoms. The van der Waals surface area contributed by atoms with E-state index < -0.39 is 0 Å². The molecule has 2 heterocycles. The summed E-state index contributed by atoms with van der Waals surface area (Å²) in [6, 6.07) is 4.16. The molecule has 0 bridgehead atoms. The van der Waals surface area contributed by atoms with Crippen molar-refractivity contribution in [1.82, 2.24) is 20.1 Å². The van der Waals surface area contributed by atoms with Gasteiger partial charge < -0.3 is 5.32 Å². The first-order chi connectivity index (χ1) is 9.36. The lowest BCUT2D eigenvalue weighted by Gasteiger charge is -2.17. The first kappa shape index (κ1) is 14.7. The van der Waals surface area contributed by atoms with Crippen LogP contribution in [0.1, 0.15) is 43.3 Å².